The molecule has 1 amide bonds. The van der Waals surface area contributed by atoms with Crippen molar-refractivity contribution in [1.82, 2.24) is 25.0 Å². The quantitative estimate of drug-likeness (QED) is 0.541. The first-order chi connectivity index (χ1) is 14.0. The molecule has 0 aliphatic heterocycles. The molecule has 2 N–H and O–H groups in total. The van der Waals surface area contributed by atoms with E-state index in [1.807, 2.05) is 38.1 Å². The number of amides is 1. The van der Waals surface area contributed by atoms with Crippen LogP contribution in [0, 0.1) is 12.7 Å². The molecule has 0 atom stereocenters. The lowest BCUT2D eigenvalue weighted by molar-refractivity contribution is 0.102. The molecule has 4 rings (SSSR count). The van der Waals surface area contributed by atoms with Gasteiger partial charge in [-0.2, -0.15) is 10.1 Å². The zero-order valence-corrected chi connectivity index (χ0v) is 16.0. The minimum absolute atomic E-state index is 0.139. The predicted molar refractivity (Wildman–Crippen MR) is 107 cm³/mol. The summed E-state index contributed by atoms with van der Waals surface area (Å²) in [6, 6.07) is 13.8. The van der Waals surface area contributed by atoms with E-state index in [1.165, 1.54) is 12.1 Å². The lowest BCUT2D eigenvalue weighted by Gasteiger charge is -2.08. The second-order valence-corrected chi connectivity index (χ2v) is 6.58. The summed E-state index contributed by atoms with van der Waals surface area (Å²) in [4.78, 5) is 17.0. The average molecular weight is 390 g/mol. The fraction of sp³-hybridized carbons (Fsp3) is 0.143. The van der Waals surface area contributed by atoms with Crippen molar-refractivity contribution in [2.24, 2.45) is 0 Å². The zero-order chi connectivity index (χ0) is 20.4. The van der Waals surface area contributed by atoms with Crippen LogP contribution in [0.3, 0.4) is 0 Å². The van der Waals surface area contributed by atoms with E-state index >= 15 is 0 Å². The highest BCUT2D eigenvalue weighted by molar-refractivity contribution is 6.04. The maximum Gasteiger partial charge on any atom is 0.261 e. The fourth-order valence-corrected chi connectivity index (χ4v) is 3.11. The number of aryl methyl sites for hydroxylation is 1. The van der Waals surface area contributed by atoms with E-state index in [9.17, 15) is 9.18 Å². The molecular weight excluding hydrogens is 371 g/mol. The number of carbonyl (C=O) groups is 1. The van der Waals surface area contributed by atoms with Crippen molar-refractivity contribution in [2.75, 3.05) is 5.32 Å². The molecule has 0 spiro atoms. The molecule has 0 aliphatic carbocycles. The van der Waals surface area contributed by atoms with Crippen LogP contribution in [-0.4, -0.2) is 30.9 Å². The molecule has 0 unspecified atom stereocenters. The van der Waals surface area contributed by atoms with Gasteiger partial charge in [-0.3, -0.25) is 15.2 Å². The van der Waals surface area contributed by atoms with Gasteiger partial charge in [0.1, 0.15) is 5.82 Å². The van der Waals surface area contributed by atoms with Crippen LogP contribution in [0.1, 0.15) is 28.5 Å². The first-order valence-electron chi connectivity index (χ1n) is 9.19. The summed E-state index contributed by atoms with van der Waals surface area (Å²) in [6.07, 6.45) is 2.18. The molecule has 0 bridgehead atoms. The maximum absolute atomic E-state index is 13.1. The van der Waals surface area contributed by atoms with Gasteiger partial charge in [0.15, 0.2) is 5.82 Å². The molecule has 146 valence electrons. The Hall–Kier alpha value is -3.81. The van der Waals surface area contributed by atoms with E-state index in [0.717, 1.165) is 16.9 Å². The molecular formula is C21H19FN6O. The highest BCUT2D eigenvalue weighted by Gasteiger charge is 2.19. The molecule has 2 heterocycles. The normalized spacial score (nSPS) is 10.9. The Bertz CT molecular complexity index is 1160. The molecule has 0 aliphatic rings. The summed E-state index contributed by atoms with van der Waals surface area (Å²) < 4.78 is 14.8. The molecule has 0 fully saturated rings. The number of aromatic nitrogens is 5. The highest BCUT2D eigenvalue weighted by Crippen LogP contribution is 2.19. The van der Waals surface area contributed by atoms with E-state index in [4.69, 9.17) is 0 Å². The Kier molecular flexibility index (Phi) is 4.90. The molecule has 0 saturated carbocycles. The van der Waals surface area contributed by atoms with Gasteiger partial charge >= 0.3 is 0 Å². The van der Waals surface area contributed by atoms with E-state index < -0.39 is 0 Å². The van der Waals surface area contributed by atoms with Crippen LogP contribution in [0.5, 0.6) is 0 Å². The third-order valence-electron chi connectivity index (χ3n) is 4.52. The summed E-state index contributed by atoms with van der Waals surface area (Å²) in [5.74, 6) is -0.101. The van der Waals surface area contributed by atoms with Crippen LogP contribution in [0.25, 0.3) is 17.1 Å². The number of rotatable bonds is 5. The second-order valence-electron chi connectivity index (χ2n) is 6.58. The number of hydrogen-bond donors (Lipinski definition) is 2. The highest BCUT2D eigenvalue weighted by atomic mass is 19.1. The molecule has 0 radical (unpaired) electrons. The van der Waals surface area contributed by atoms with Crippen molar-refractivity contribution >= 4 is 11.9 Å². The third-order valence-corrected chi connectivity index (χ3v) is 4.52. The minimum atomic E-state index is -0.342. The standard InChI is InChI=1S/C21H19FN6O/c1-3-18-17(12-23-28(18)16-6-4-5-13(2)11-16)20(29)25-21-24-19(26-27-21)14-7-9-15(22)10-8-14/h4-12H,3H2,1-2H3,(H2,24,25,26,27,29). The van der Waals surface area contributed by atoms with Crippen molar-refractivity contribution < 1.29 is 9.18 Å². The molecule has 8 heteroatoms. The van der Waals surface area contributed by atoms with Crippen molar-refractivity contribution in [3.8, 4) is 17.1 Å². The number of nitrogens with zero attached hydrogens (tertiary/aromatic N) is 4. The van der Waals surface area contributed by atoms with Crippen molar-refractivity contribution in [2.45, 2.75) is 20.3 Å². The molecule has 2 aromatic carbocycles. The van der Waals surface area contributed by atoms with E-state index in [1.54, 1.807) is 23.0 Å². The number of anilines is 1. The Morgan fingerprint density at radius 1 is 1.21 bits per heavy atom. The number of aromatic amines is 1. The van der Waals surface area contributed by atoms with Gasteiger partial charge in [-0.25, -0.2) is 9.07 Å². The van der Waals surface area contributed by atoms with E-state index in [2.05, 4.69) is 25.6 Å². The number of halogens is 1. The fourth-order valence-electron chi connectivity index (χ4n) is 3.11. The van der Waals surface area contributed by atoms with Gasteiger partial charge in [0.25, 0.3) is 5.91 Å². The minimum Gasteiger partial charge on any atom is -0.289 e. The molecule has 2 aromatic heterocycles. The number of H-pyrrole nitrogens is 1. The lowest BCUT2D eigenvalue weighted by atomic mass is 10.1. The van der Waals surface area contributed by atoms with Gasteiger partial charge < -0.3 is 0 Å². The second kappa shape index (κ2) is 7.67. The van der Waals surface area contributed by atoms with Gasteiger partial charge in [-0.15, -0.1) is 5.10 Å². The van der Waals surface area contributed by atoms with E-state index in [0.29, 0.717) is 23.4 Å². The largest absolute Gasteiger partial charge is 0.289 e. The number of carbonyl (C=O) groups excluding carboxylic acids is 1. The molecule has 29 heavy (non-hydrogen) atoms. The van der Waals surface area contributed by atoms with Crippen LogP contribution >= 0.6 is 0 Å². The van der Waals surface area contributed by atoms with Gasteiger partial charge in [0, 0.05) is 5.56 Å². The molecule has 7 nitrogen and oxygen atoms in total. The Morgan fingerprint density at radius 2 is 2.00 bits per heavy atom. The van der Waals surface area contributed by atoms with Gasteiger partial charge in [-0.05, 0) is 55.3 Å². The van der Waals surface area contributed by atoms with Crippen LogP contribution < -0.4 is 5.32 Å². The van der Waals surface area contributed by atoms with Crippen LogP contribution in [0.2, 0.25) is 0 Å². The van der Waals surface area contributed by atoms with Gasteiger partial charge in [-0.1, -0.05) is 19.1 Å². The SMILES string of the molecule is CCc1c(C(=O)Nc2n[nH]c(-c3ccc(F)cc3)n2)cnn1-c1cccc(C)c1. The molecule has 4 aromatic rings. The van der Waals surface area contributed by atoms with Crippen LogP contribution in [0.15, 0.2) is 54.7 Å². The van der Waals surface area contributed by atoms with Crippen LogP contribution in [0.4, 0.5) is 10.3 Å². The zero-order valence-electron chi connectivity index (χ0n) is 16.0. The summed E-state index contributed by atoms with van der Waals surface area (Å²) >= 11 is 0. The van der Waals surface area contributed by atoms with Crippen molar-refractivity contribution in [3.05, 3.63) is 77.4 Å². The average Bonchev–Trinajstić information content (AvgIpc) is 3.35. The smallest absolute Gasteiger partial charge is 0.261 e. The summed E-state index contributed by atoms with van der Waals surface area (Å²) in [7, 11) is 0. The van der Waals surface area contributed by atoms with Crippen molar-refractivity contribution in [1.29, 1.82) is 0 Å². The van der Waals surface area contributed by atoms with Gasteiger partial charge in [0.2, 0.25) is 5.95 Å². The summed E-state index contributed by atoms with van der Waals surface area (Å²) in [6.45, 7) is 3.98. The Morgan fingerprint density at radius 3 is 2.72 bits per heavy atom. The predicted octanol–water partition coefficient (Wildman–Crippen LogP) is 3.92. The topological polar surface area (TPSA) is 88.5 Å². The first-order valence-corrected chi connectivity index (χ1v) is 9.19. The Labute approximate surface area is 166 Å². The van der Waals surface area contributed by atoms with Crippen LogP contribution in [-0.2, 0) is 6.42 Å². The monoisotopic (exact) mass is 390 g/mol. The number of benzene rings is 2. The lowest BCUT2D eigenvalue weighted by Crippen LogP contribution is -2.15. The first kappa shape index (κ1) is 18.5. The third kappa shape index (κ3) is 3.77. The maximum atomic E-state index is 13.1. The summed E-state index contributed by atoms with van der Waals surface area (Å²) in [5, 5.41) is 13.9. The van der Waals surface area contributed by atoms with E-state index in [-0.39, 0.29) is 17.7 Å². The summed E-state index contributed by atoms with van der Waals surface area (Å²) in [5.41, 5.74) is 3.93. The molecule has 0 saturated heterocycles. The van der Waals surface area contributed by atoms with Crippen molar-refractivity contribution in [3.63, 3.8) is 0 Å². The Balaban J connectivity index is 1.57. The number of nitrogens with one attached hydrogen (secondary N) is 2. The number of hydrogen-bond acceptors (Lipinski definition) is 4. The van der Waals surface area contributed by atoms with Gasteiger partial charge in [0.05, 0.1) is 23.1 Å².